The van der Waals surface area contributed by atoms with Crippen LogP contribution in [0, 0.1) is 17.8 Å². The molecule has 122 valence electrons. The Morgan fingerprint density at radius 2 is 2.17 bits per heavy atom. The number of halogens is 1. The Balaban J connectivity index is 2.12. The Bertz CT molecular complexity index is 759. The lowest BCUT2D eigenvalue weighted by Gasteiger charge is -2.04. The fourth-order valence-electron chi connectivity index (χ4n) is 1.94. The zero-order valence-electron chi connectivity index (χ0n) is 13.5. The molecule has 0 fully saturated rings. The minimum absolute atomic E-state index is 0.235. The van der Waals surface area contributed by atoms with Gasteiger partial charge < -0.3 is 9.30 Å². The Labute approximate surface area is 140 Å². The molecule has 0 saturated carbocycles. The summed E-state index contributed by atoms with van der Waals surface area (Å²) in [4.78, 5) is 23.6. The van der Waals surface area contributed by atoms with Gasteiger partial charge in [0.1, 0.15) is 5.52 Å². The summed E-state index contributed by atoms with van der Waals surface area (Å²) < 4.78 is 6.83. The first kappa shape index (κ1) is 17.2. The minimum atomic E-state index is -0.258. The first-order valence-corrected chi connectivity index (χ1v) is 7.88. The summed E-state index contributed by atoms with van der Waals surface area (Å²) in [6, 6.07) is 0. The van der Waals surface area contributed by atoms with E-state index in [0.29, 0.717) is 35.3 Å². The summed E-state index contributed by atoms with van der Waals surface area (Å²) in [5, 5.41) is 0.307. The molecule has 6 nitrogen and oxygen atoms in total. The third kappa shape index (κ3) is 4.93. The molecule has 0 radical (unpaired) electrons. The fourth-order valence-corrected chi connectivity index (χ4v) is 2.15. The zero-order chi connectivity index (χ0) is 16.8. The highest BCUT2D eigenvalue weighted by atomic mass is 35.5. The van der Waals surface area contributed by atoms with Crippen molar-refractivity contribution < 1.29 is 9.53 Å². The van der Waals surface area contributed by atoms with Crippen molar-refractivity contribution in [1.82, 2.24) is 19.5 Å². The number of ether oxygens (including phenoxy) is 1. The maximum absolute atomic E-state index is 10.7. The quantitative estimate of drug-likeness (QED) is 0.364. The number of carbonyl (C=O) groups excluding carboxylic acids is 1. The van der Waals surface area contributed by atoms with Crippen molar-refractivity contribution in [2.75, 3.05) is 6.61 Å². The second-order valence-corrected chi connectivity index (χ2v) is 5.78. The molecule has 7 heteroatoms. The molecule has 0 N–H and O–H groups in total. The van der Waals surface area contributed by atoms with E-state index in [-0.39, 0.29) is 11.9 Å². The standard InChI is InChI=1S/C16H19ClN4O2/c1-11(2)6-7-13-19-15(17)14-16(20-13)21(10-18-14)8-4-5-9-23-12(3)22/h10-11H,4-5,8-9H2,1-3H3. The second kappa shape index (κ2) is 7.93. The summed E-state index contributed by atoms with van der Waals surface area (Å²) in [6.45, 7) is 6.54. The van der Waals surface area contributed by atoms with Crippen LogP contribution >= 0.6 is 11.6 Å². The molecule has 2 rings (SSSR count). The van der Waals surface area contributed by atoms with Crippen LogP contribution in [0.5, 0.6) is 0 Å². The zero-order valence-corrected chi connectivity index (χ0v) is 14.2. The molecule has 0 aliphatic carbocycles. The minimum Gasteiger partial charge on any atom is -0.466 e. The van der Waals surface area contributed by atoms with Crippen molar-refractivity contribution in [3.05, 3.63) is 17.3 Å². The average Bonchev–Trinajstić information content (AvgIpc) is 2.88. The third-order valence-corrected chi connectivity index (χ3v) is 3.26. The van der Waals surface area contributed by atoms with Crippen molar-refractivity contribution in [3.8, 4) is 11.8 Å². The van der Waals surface area contributed by atoms with Gasteiger partial charge in [0.2, 0.25) is 5.82 Å². The van der Waals surface area contributed by atoms with Gasteiger partial charge in [0.05, 0.1) is 12.9 Å². The number of unbranched alkanes of at least 4 members (excludes halogenated alkanes) is 1. The lowest BCUT2D eigenvalue weighted by atomic mass is 10.2. The van der Waals surface area contributed by atoms with Gasteiger partial charge in [0.15, 0.2) is 10.8 Å². The lowest BCUT2D eigenvalue weighted by Crippen LogP contribution is -2.04. The second-order valence-electron chi connectivity index (χ2n) is 5.42. The Kier molecular flexibility index (Phi) is 5.94. The fraction of sp³-hybridized carbons (Fsp3) is 0.500. The topological polar surface area (TPSA) is 69.9 Å². The summed E-state index contributed by atoms with van der Waals surface area (Å²) in [5.74, 6) is 6.33. The van der Waals surface area contributed by atoms with E-state index in [0.717, 1.165) is 12.8 Å². The number of hydrogen-bond donors (Lipinski definition) is 0. The van der Waals surface area contributed by atoms with E-state index in [1.54, 1.807) is 6.33 Å². The molecular weight excluding hydrogens is 316 g/mol. The number of esters is 1. The van der Waals surface area contributed by atoms with Crippen LogP contribution in [0.15, 0.2) is 6.33 Å². The number of aromatic nitrogens is 4. The smallest absolute Gasteiger partial charge is 0.302 e. The molecule has 0 amide bonds. The number of carbonyl (C=O) groups is 1. The van der Waals surface area contributed by atoms with Gasteiger partial charge >= 0.3 is 5.97 Å². The van der Waals surface area contributed by atoms with Gasteiger partial charge in [-0.2, -0.15) is 0 Å². The molecule has 0 unspecified atom stereocenters. The number of imidazole rings is 1. The summed E-state index contributed by atoms with van der Waals surface area (Å²) in [7, 11) is 0. The van der Waals surface area contributed by atoms with Crippen molar-refractivity contribution in [3.63, 3.8) is 0 Å². The largest absolute Gasteiger partial charge is 0.466 e. The molecule has 0 aliphatic rings. The first-order chi connectivity index (χ1) is 11.0. The van der Waals surface area contributed by atoms with E-state index >= 15 is 0 Å². The molecule has 0 atom stereocenters. The predicted octanol–water partition coefficient (Wildman–Crippen LogP) is 2.83. The van der Waals surface area contributed by atoms with Gasteiger partial charge in [0, 0.05) is 19.4 Å². The SMILES string of the molecule is CC(=O)OCCCCn1cnc2c(Cl)nc(C#CC(C)C)nc21. The summed E-state index contributed by atoms with van der Waals surface area (Å²) in [6.07, 6.45) is 3.31. The van der Waals surface area contributed by atoms with E-state index in [4.69, 9.17) is 16.3 Å². The normalized spacial score (nSPS) is 10.7. The molecule has 0 bridgehead atoms. The van der Waals surface area contributed by atoms with E-state index in [1.807, 2.05) is 18.4 Å². The van der Waals surface area contributed by atoms with Gasteiger partial charge in [-0.3, -0.25) is 4.79 Å². The number of hydrogen-bond acceptors (Lipinski definition) is 5. The number of nitrogens with zero attached hydrogens (tertiary/aromatic N) is 4. The van der Waals surface area contributed by atoms with Crippen LogP contribution in [0.25, 0.3) is 11.2 Å². The molecule has 23 heavy (non-hydrogen) atoms. The molecule has 0 aromatic carbocycles. The van der Waals surface area contributed by atoms with Crippen molar-refractivity contribution in [2.45, 2.75) is 40.2 Å². The van der Waals surface area contributed by atoms with Crippen LogP contribution in [0.2, 0.25) is 5.15 Å². The Morgan fingerprint density at radius 3 is 2.87 bits per heavy atom. The van der Waals surface area contributed by atoms with Gasteiger partial charge in [-0.25, -0.2) is 15.0 Å². The highest BCUT2D eigenvalue weighted by molar-refractivity contribution is 6.33. The molecule has 0 saturated heterocycles. The predicted molar refractivity (Wildman–Crippen MR) is 87.9 cm³/mol. The Hall–Kier alpha value is -2.13. The monoisotopic (exact) mass is 334 g/mol. The van der Waals surface area contributed by atoms with E-state index in [2.05, 4.69) is 26.8 Å². The van der Waals surface area contributed by atoms with Crippen molar-refractivity contribution in [2.24, 2.45) is 5.92 Å². The number of aryl methyl sites for hydroxylation is 1. The van der Waals surface area contributed by atoms with Gasteiger partial charge in [-0.1, -0.05) is 31.4 Å². The van der Waals surface area contributed by atoms with Crippen LogP contribution in [0.1, 0.15) is 39.4 Å². The maximum Gasteiger partial charge on any atom is 0.302 e. The van der Waals surface area contributed by atoms with Gasteiger partial charge in [-0.05, 0) is 18.8 Å². The molecule has 2 aromatic heterocycles. The molecule has 0 spiro atoms. The molecule has 2 aromatic rings. The average molecular weight is 335 g/mol. The van der Waals surface area contributed by atoms with Crippen LogP contribution < -0.4 is 0 Å². The van der Waals surface area contributed by atoms with Crippen molar-refractivity contribution >= 4 is 28.7 Å². The number of fused-ring (bicyclic) bond motifs is 1. The van der Waals surface area contributed by atoms with Gasteiger partial charge in [0.25, 0.3) is 0 Å². The van der Waals surface area contributed by atoms with Crippen LogP contribution in [-0.4, -0.2) is 32.1 Å². The molecule has 2 heterocycles. The Morgan fingerprint density at radius 1 is 1.39 bits per heavy atom. The highest BCUT2D eigenvalue weighted by Gasteiger charge is 2.11. The van der Waals surface area contributed by atoms with Crippen molar-refractivity contribution in [1.29, 1.82) is 0 Å². The first-order valence-electron chi connectivity index (χ1n) is 7.50. The van der Waals surface area contributed by atoms with E-state index in [1.165, 1.54) is 6.92 Å². The lowest BCUT2D eigenvalue weighted by molar-refractivity contribution is -0.141. The van der Waals surface area contributed by atoms with Gasteiger partial charge in [-0.15, -0.1) is 0 Å². The molecular formula is C16H19ClN4O2. The number of rotatable bonds is 5. The third-order valence-electron chi connectivity index (χ3n) is 2.99. The molecule has 0 aliphatic heterocycles. The maximum atomic E-state index is 10.7. The summed E-state index contributed by atoms with van der Waals surface area (Å²) >= 11 is 6.16. The van der Waals surface area contributed by atoms with Crippen LogP contribution in [0.4, 0.5) is 0 Å². The summed E-state index contributed by atoms with van der Waals surface area (Å²) in [5.41, 5.74) is 1.24. The van der Waals surface area contributed by atoms with Crippen LogP contribution in [0.3, 0.4) is 0 Å². The highest BCUT2D eigenvalue weighted by Crippen LogP contribution is 2.19. The van der Waals surface area contributed by atoms with E-state index < -0.39 is 0 Å². The van der Waals surface area contributed by atoms with Crippen LogP contribution in [-0.2, 0) is 16.1 Å². The van der Waals surface area contributed by atoms with E-state index in [9.17, 15) is 4.79 Å².